The lowest BCUT2D eigenvalue weighted by Crippen LogP contribution is -2.35. The Hall–Kier alpha value is -2.96. The van der Waals surface area contributed by atoms with Gasteiger partial charge in [0.15, 0.2) is 11.6 Å². The molecule has 2 N–H and O–H groups in total. The molecule has 27 heavy (non-hydrogen) atoms. The maximum Gasteiger partial charge on any atom is 0.240 e. The Kier molecular flexibility index (Phi) is 5.12. The zero-order valence-corrected chi connectivity index (χ0v) is 15.0. The van der Waals surface area contributed by atoms with E-state index in [1.165, 1.54) is 36.4 Å². The van der Waals surface area contributed by atoms with Gasteiger partial charge in [0.25, 0.3) is 0 Å². The molecular formula is C20H20F2N2O3. The zero-order chi connectivity index (χ0) is 19.6. The van der Waals surface area contributed by atoms with Crippen LogP contribution in [0.4, 0.5) is 20.2 Å². The molecule has 0 radical (unpaired) electrons. The van der Waals surface area contributed by atoms with Crippen molar-refractivity contribution < 1.29 is 23.1 Å². The third kappa shape index (κ3) is 4.24. The Labute approximate surface area is 155 Å². The van der Waals surface area contributed by atoms with Gasteiger partial charge in [0.2, 0.25) is 11.8 Å². The number of carbonyl (C=O) groups excluding carboxylic acids is 2. The first-order chi connectivity index (χ1) is 12.8. The van der Waals surface area contributed by atoms with Crippen LogP contribution in [0.3, 0.4) is 0 Å². The van der Waals surface area contributed by atoms with Crippen molar-refractivity contribution >= 4 is 23.2 Å². The molecule has 1 fully saturated rings. The van der Waals surface area contributed by atoms with Crippen molar-refractivity contribution in [1.29, 1.82) is 0 Å². The first-order valence-corrected chi connectivity index (χ1v) is 8.65. The summed E-state index contributed by atoms with van der Waals surface area (Å²) in [6.45, 7) is 3.57. The summed E-state index contributed by atoms with van der Waals surface area (Å²) in [5.74, 6) is -1.88. The van der Waals surface area contributed by atoms with Gasteiger partial charge in [0.1, 0.15) is 11.2 Å². The highest BCUT2D eigenvalue weighted by atomic mass is 19.1. The second kappa shape index (κ2) is 7.34. The van der Waals surface area contributed by atoms with Gasteiger partial charge in [-0.1, -0.05) is 0 Å². The number of ether oxygens (including phenoxy) is 1. The lowest BCUT2D eigenvalue weighted by Gasteiger charge is -2.16. The maximum absolute atomic E-state index is 14.1. The lowest BCUT2D eigenvalue weighted by atomic mass is 10.0. The Morgan fingerprint density at radius 2 is 1.52 bits per heavy atom. The number of benzene rings is 2. The molecule has 7 heteroatoms. The summed E-state index contributed by atoms with van der Waals surface area (Å²) in [5, 5.41) is 5.21. The lowest BCUT2D eigenvalue weighted by molar-refractivity contribution is -0.131. The first kappa shape index (κ1) is 18.8. The van der Waals surface area contributed by atoms with E-state index in [-0.39, 0.29) is 17.5 Å². The molecule has 0 spiro atoms. The summed E-state index contributed by atoms with van der Waals surface area (Å²) < 4.78 is 32.3. The van der Waals surface area contributed by atoms with Crippen LogP contribution in [0.5, 0.6) is 5.75 Å². The SMILES string of the molecule is CC(C)Oc1ccc(NC(=O)C2(C(=O)Nc3ccc(F)cc3)CC2)cc1F. The van der Waals surface area contributed by atoms with Crippen LogP contribution in [0, 0.1) is 17.0 Å². The number of halogens is 2. The van der Waals surface area contributed by atoms with Crippen LogP contribution in [0.2, 0.25) is 0 Å². The fraction of sp³-hybridized carbons (Fsp3) is 0.300. The van der Waals surface area contributed by atoms with Gasteiger partial charge in [-0.25, -0.2) is 8.78 Å². The van der Waals surface area contributed by atoms with Gasteiger partial charge in [-0.05, 0) is 63.1 Å². The fourth-order valence-corrected chi connectivity index (χ4v) is 2.65. The number of nitrogens with one attached hydrogen (secondary N) is 2. The van der Waals surface area contributed by atoms with Crippen LogP contribution in [-0.2, 0) is 9.59 Å². The van der Waals surface area contributed by atoms with Crippen LogP contribution in [-0.4, -0.2) is 17.9 Å². The Morgan fingerprint density at radius 1 is 0.963 bits per heavy atom. The summed E-state index contributed by atoms with van der Waals surface area (Å²) in [4.78, 5) is 25.1. The predicted octanol–water partition coefficient (Wildman–Crippen LogP) is 4.11. The summed E-state index contributed by atoms with van der Waals surface area (Å²) in [7, 11) is 0. The van der Waals surface area contributed by atoms with Gasteiger partial charge < -0.3 is 15.4 Å². The highest BCUT2D eigenvalue weighted by molar-refractivity contribution is 6.16. The molecule has 0 unspecified atom stereocenters. The average Bonchev–Trinajstić information content (AvgIpc) is 3.41. The second-order valence-electron chi connectivity index (χ2n) is 6.81. The molecule has 3 rings (SSSR count). The van der Waals surface area contributed by atoms with Crippen LogP contribution >= 0.6 is 0 Å². The minimum Gasteiger partial charge on any atom is -0.488 e. The number of anilines is 2. The summed E-state index contributed by atoms with van der Waals surface area (Å²) >= 11 is 0. The van der Waals surface area contributed by atoms with Gasteiger partial charge in [0, 0.05) is 17.4 Å². The molecule has 0 bridgehead atoms. The normalized spacial score (nSPS) is 14.6. The van der Waals surface area contributed by atoms with Crippen LogP contribution < -0.4 is 15.4 Å². The molecule has 2 amide bonds. The van der Waals surface area contributed by atoms with E-state index < -0.39 is 28.9 Å². The molecule has 0 aromatic heterocycles. The number of hydrogen-bond acceptors (Lipinski definition) is 3. The van der Waals surface area contributed by atoms with Crippen molar-refractivity contribution in [1.82, 2.24) is 0 Å². The Balaban J connectivity index is 1.67. The van der Waals surface area contributed by atoms with E-state index in [2.05, 4.69) is 10.6 Å². The van der Waals surface area contributed by atoms with Crippen molar-refractivity contribution in [3.05, 3.63) is 54.1 Å². The molecule has 2 aromatic rings. The van der Waals surface area contributed by atoms with E-state index in [0.29, 0.717) is 18.5 Å². The molecule has 0 atom stereocenters. The molecular weight excluding hydrogens is 354 g/mol. The Morgan fingerprint density at radius 3 is 2.04 bits per heavy atom. The largest absolute Gasteiger partial charge is 0.488 e. The van der Waals surface area contributed by atoms with Crippen molar-refractivity contribution in [3.63, 3.8) is 0 Å². The standard InChI is InChI=1S/C20H20F2N2O3/c1-12(2)27-17-8-7-15(11-16(17)22)24-19(26)20(9-10-20)18(25)23-14-5-3-13(21)4-6-14/h3-8,11-12H,9-10H2,1-2H3,(H,23,25)(H,24,26). The van der Waals surface area contributed by atoms with Gasteiger partial charge in [-0.2, -0.15) is 0 Å². The minimum absolute atomic E-state index is 0.0955. The number of carbonyl (C=O) groups is 2. The van der Waals surface area contributed by atoms with Crippen LogP contribution in [0.15, 0.2) is 42.5 Å². The number of amides is 2. The molecule has 0 heterocycles. The monoisotopic (exact) mass is 374 g/mol. The van der Waals surface area contributed by atoms with Gasteiger partial charge >= 0.3 is 0 Å². The molecule has 1 aliphatic carbocycles. The van der Waals surface area contributed by atoms with E-state index in [0.717, 1.165) is 6.07 Å². The van der Waals surface area contributed by atoms with Crippen molar-refractivity contribution in [2.75, 3.05) is 10.6 Å². The van der Waals surface area contributed by atoms with E-state index in [1.807, 2.05) is 0 Å². The smallest absolute Gasteiger partial charge is 0.240 e. The highest BCUT2D eigenvalue weighted by Gasteiger charge is 2.56. The zero-order valence-electron chi connectivity index (χ0n) is 15.0. The van der Waals surface area contributed by atoms with Crippen molar-refractivity contribution in [2.45, 2.75) is 32.8 Å². The van der Waals surface area contributed by atoms with Crippen molar-refractivity contribution in [2.24, 2.45) is 5.41 Å². The topological polar surface area (TPSA) is 67.4 Å². The third-order valence-electron chi connectivity index (χ3n) is 4.27. The van der Waals surface area contributed by atoms with Crippen LogP contribution in [0.1, 0.15) is 26.7 Å². The second-order valence-corrected chi connectivity index (χ2v) is 6.81. The molecule has 0 aliphatic heterocycles. The first-order valence-electron chi connectivity index (χ1n) is 8.65. The molecule has 1 saturated carbocycles. The van der Waals surface area contributed by atoms with Gasteiger partial charge in [-0.15, -0.1) is 0 Å². The fourth-order valence-electron chi connectivity index (χ4n) is 2.65. The van der Waals surface area contributed by atoms with Gasteiger partial charge in [0.05, 0.1) is 6.10 Å². The van der Waals surface area contributed by atoms with Gasteiger partial charge in [-0.3, -0.25) is 9.59 Å². The molecule has 0 saturated heterocycles. The molecule has 5 nitrogen and oxygen atoms in total. The number of rotatable bonds is 6. The summed E-state index contributed by atoms with van der Waals surface area (Å²) in [6.07, 6.45) is 0.607. The minimum atomic E-state index is -1.20. The van der Waals surface area contributed by atoms with E-state index in [4.69, 9.17) is 4.74 Å². The summed E-state index contributed by atoms with van der Waals surface area (Å²) in [5.41, 5.74) is -0.547. The quantitative estimate of drug-likeness (QED) is 0.748. The summed E-state index contributed by atoms with van der Waals surface area (Å²) in [6, 6.07) is 9.39. The molecule has 1 aliphatic rings. The number of hydrogen-bond donors (Lipinski definition) is 2. The van der Waals surface area contributed by atoms with E-state index in [9.17, 15) is 18.4 Å². The molecule has 142 valence electrons. The maximum atomic E-state index is 14.1. The highest BCUT2D eigenvalue weighted by Crippen LogP contribution is 2.47. The Bertz CT molecular complexity index is 862. The van der Waals surface area contributed by atoms with E-state index in [1.54, 1.807) is 13.8 Å². The molecule has 2 aromatic carbocycles. The van der Waals surface area contributed by atoms with Crippen LogP contribution in [0.25, 0.3) is 0 Å². The predicted molar refractivity (Wildman–Crippen MR) is 97.5 cm³/mol. The van der Waals surface area contributed by atoms with Crippen molar-refractivity contribution in [3.8, 4) is 5.75 Å². The third-order valence-corrected chi connectivity index (χ3v) is 4.27. The van der Waals surface area contributed by atoms with E-state index >= 15 is 0 Å². The average molecular weight is 374 g/mol.